The number of hydrogen-bond acceptors (Lipinski definition) is 5. The number of carbonyl (C=O) groups excluding carboxylic acids is 1. The first-order chi connectivity index (χ1) is 11.0. The molecule has 3 aromatic rings. The van der Waals surface area contributed by atoms with E-state index in [2.05, 4.69) is 15.3 Å². The molecule has 3 rings (SSSR count). The fraction of sp³-hybridized carbons (Fsp3) is 0.267. The van der Waals surface area contributed by atoms with Crippen LogP contribution in [-0.4, -0.2) is 39.4 Å². The van der Waals surface area contributed by atoms with E-state index in [9.17, 15) is 4.79 Å². The van der Waals surface area contributed by atoms with Crippen molar-refractivity contribution >= 4 is 34.4 Å². The fourth-order valence-electron chi connectivity index (χ4n) is 2.17. The highest BCUT2D eigenvalue weighted by Crippen LogP contribution is 2.24. The summed E-state index contributed by atoms with van der Waals surface area (Å²) >= 11 is 6.02. The lowest BCUT2D eigenvalue weighted by atomic mass is 10.3. The zero-order valence-electron chi connectivity index (χ0n) is 12.8. The van der Waals surface area contributed by atoms with Crippen molar-refractivity contribution < 1.29 is 9.21 Å². The molecule has 120 valence electrons. The van der Waals surface area contributed by atoms with Crippen LogP contribution in [0.3, 0.4) is 0 Å². The van der Waals surface area contributed by atoms with Crippen LogP contribution in [0.1, 0.15) is 5.76 Å². The molecule has 7 nitrogen and oxygen atoms in total. The third kappa shape index (κ3) is 3.29. The molecule has 0 aliphatic carbocycles. The molecule has 1 N–H and O–H groups in total. The lowest BCUT2D eigenvalue weighted by molar-refractivity contribution is -0.129. The number of rotatable bonds is 5. The summed E-state index contributed by atoms with van der Waals surface area (Å²) in [6, 6.07) is 5.55. The molecule has 0 aliphatic rings. The summed E-state index contributed by atoms with van der Waals surface area (Å²) in [5, 5.41) is 4.10. The van der Waals surface area contributed by atoms with Gasteiger partial charge in [0.25, 0.3) is 0 Å². The molecule has 0 aliphatic heterocycles. The highest BCUT2D eigenvalue weighted by atomic mass is 35.5. The number of likely N-dealkylation sites (N-methyl/N-ethyl adjacent to an activating group) is 1. The molecule has 3 heterocycles. The standard InChI is InChI=1S/C15H16ClN5O2/c1-20(2)12(22)9-21-6-5-11-13(18-15(16)19-14(11)21)17-8-10-4-3-7-23-10/h3-7H,8-9H2,1-2H3,(H,17,18,19). The zero-order valence-corrected chi connectivity index (χ0v) is 13.5. The molecule has 0 radical (unpaired) electrons. The van der Waals surface area contributed by atoms with E-state index < -0.39 is 0 Å². The maximum Gasteiger partial charge on any atom is 0.242 e. The van der Waals surface area contributed by atoms with Gasteiger partial charge in [0, 0.05) is 20.3 Å². The largest absolute Gasteiger partial charge is 0.467 e. The minimum atomic E-state index is -0.0256. The lowest BCUT2D eigenvalue weighted by Crippen LogP contribution is -2.26. The monoisotopic (exact) mass is 333 g/mol. The highest BCUT2D eigenvalue weighted by Gasteiger charge is 2.14. The number of furan rings is 1. The maximum absolute atomic E-state index is 11.9. The van der Waals surface area contributed by atoms with E-state index in [0.29, 0.717) is 18.0 Å². The third-order valence-corrected chi connectivity index (χ3v) is 3.58. The molecule has 0 unspecified atom stereocenters. The van der Waals surface area contributed by atoms with E-state index in [4.69, 9.17) is 16.0 Å². The summed E-state index contributed by atoms with van der Waals surface area (Å²) in [6.45, 7) is 0.679. The second-order valence-electron chi connectivity index (χ2n) is 5.24. The van der Waals surface area contributed by atoms with Crippen LogP contribution < -0.4 is 5.32 Å². The van der Waals surface area contributed by atoms with E-state index in [0.717, 1.165) is 11.1 Å². The van der Waals surface area contributed by atoms with Crippen LogP contribution in [0.5, 0.6) is 0 Å². The molecule has 23 heavy (non-hydrogen) atoms. The van der Waals surface area contributed by atoms with Gasteiger partial charge in [0.2, 0.25) is 11.2 Å². The summed E-state index contributed by atoms with van der Waals surface area (Å²) in [5.41, 5.74) is 0.613. The molecule has 1 amide bonds. The number of carbonyl (C=O) groups is 1. The molecule has 3 aromatic heterocycles. The SMILES string of the molecule is CN(C)C(=O)Cn1ccc2c(NCc3ccco3)nc(Cl)nc21. The van der Waals surface area contributed by atoms with Gasteiger partial charge in [-0.1, -0.05) is 0 Å². The lowest BCUT2D eigenvalue weighted by Gasteiger charge is -2.11. The van der Waals surface area contributed by atoms with Crippen LogP contribution in [0.25, 0.3) is 11.0 Å². The maximum atomic E-state index is 11.9. The van der Waals surface area contributed by atoms with Crippen LogP contribution in [0, 0.1) is 0 Å². The van der Waals surface area contributed by atoms with Gasteiger partial charge < -0.3 is 19.2 Å². The number of aromatic nitrogens is 3. The van der Waals surface area contributed by atoms with Gasteiger partial charge in [-0.3, -0.25) is 4.79 Å². The summed E-state index contributed by atoms with van der Waals surface area (Å²) in [7, 11) is 3.43. The molecule has 0 atom stereocenters. The number of fused-ring (bicyclic) bond motifs is 1. The van der Waals surface area contributed by atoms with Gasteiger partial charge in [-0.15, -0.1) is 0 Å². The molecule has 8 heteroatoms. The van der Waals surface area contributed by atoms with Gasteiger partial charge in [-0.2, -0.15) is 4.98 Å². The summed E-state index contributed by atoms with van der Waals surface area (Å²) in [4.78, 5) is 21.9. The van der Waals surface area contributed by atoms with Gasteiger partial charge >= 0.3 is 0 Å². The van der Waals surface area contributed by atoms with Crippen LogP contribution in [0.4, 0.5) is 5.82 Å². The minimum absolute atomic E-state index is 0.0256. The third-order valence-electron chi connectivity index (χ3n) is 3.41. The number of halogens is 1. The van der Waals surface area contributed by atoms with Gasteiger partial charge in [-0.05, 0) is 29.8 Å². The number of nitrogens with one attached hydrogen (secondary N) is 1. The van der Waals surface area contributed by atoms with Crippen molar-refractivity contribution in [2.24, 2.45) is 0 Å². The van der Waals surface area contributed by atoms with E-state index >= 15 is 0 Å². The van der Waals surface area contributed by atoms with Crippen molar-refractivity contribution in [1.82, 2.24) is 19.4 Å². The number of nitrogens with zero attached hydrogens (tertiary/aromatic N) is 4. The Labute approximate surface area is 137 Å². The van der Waals surface area contributed by atoms with Gasteiger partial charge in [0.15, 0.2) is 0 Å². The molecule has 0 spiro atoms. The Kier molecular flexibility index (Phi) is 4.20. The predicted octanol–water partition coefficient (Wildman–Crippen LogP) is 2.38. The molecule has 0 bridgehead atoms. The van der Waals surface area contributed by atoms with E-state index in [1.54, 1.807) is 31.1 Å². The smallest absolute Gasteiger partial charge is 0.242 e. The van der Waals surface area contributed by atoms with Crippen LogP contribution in [-0.2, 0) is 17.9 Å². The average molecular weight is 334 g/mol. The normalized spacial score (nSPS) is 10.9. The topological polar surface area (TPSA) is 76.2 Å². The number of anilines is 1. The van der Waals surface area contributed by atoms with Crippen molar-refractivity contribution in [2.75, 3.05) is 19.4 Å². The summed E-state index contributed by atoms with van der Waals surface area (Å²) in [5.74, 6) is 1.37. The van der Waals surface area contributed by atoms with E-state index in [1.165, 1.54) is 4.90 Å². The van der Waals surface area contributed by atoms with Gasteiger partial charge in [0.1, 0.15) is 23.8 Å². The van der Waals surface area contributed by atoms with Crippen LogP contribution in [0.15, 0.2) is 35.1 Å². The first kappa shape index (κ1) is 15.4. The van der Waals surface area contributed by atoms with Crippen molar-refractivity contribution in [2.45, 2.75) is 13.1 Å². The molecule has 0 fully saturated rings. The molecule has 0 saturated carbocycles. The Bertz CT molecular complexity index is 826. The summed E-state index contributed by atoms with van der Waals surface area (Å²) in [6.07, 6.45) is 3.41. The number of amides is 1. The average Bonchev–Trinajstić information content (AvgIpc) is 3.15. The Hall–Kier alpha value is -2.54. The Balaban J connectivity index is 1.90. The van der Waals surface area contributed by atoms with Gasteiger partial charge in [-0.25, -0.2) is 4.98 Å². The second kappa shape index (κ2) is 6.29. The quantitative estimate of drug-likeness (QED) is 0.725. The molecule has 0 saturated heterocycles. The van der Waals surface area contributed by atoms with E-state index in [1.807, 2.05) is 18.2 Å². The molecular weight excluding hydrogens is 318 g/mol. The molecular formula is C15H16ClN5O2. The fourth-order valence-corrected chi connectivity index (χ4v) is 2.34. The van der Waals surface area contributed by atoms with Crippen molar-refractivity contribution in [1.29, 1.82) is 0 Å². The Morgan fingerprint density at radius 3 is 2.91 bits per heavy atom. The second-order valence-corrected chi connectivity index (χ2v) is 5.58. The first-order valence-electron chi connectivity index (χ1n) is 7.03. The van der Waals surface area contributed by atoms with Crippen LogP contribution in [0.2, 0.25) is 5.28 Å². The van der Waals surface area contributed by atoms with Crippen molar-refractivity contribution in [3.63, 3.8) is 0 Å². The minimum Gasteiger partial charge on any atom is -0.467 e. The molecule has 0 aromatic carbocycles. The predicted molar refractivity (Wildman–Crippen MR) is 87.3 cm³/mol. The Morgan fingerprint density at radius 1 is 1.39 bits per heavy atom. The van der Waals surface area contributed by atoms with Crippen molar-refractivity contribution in [3.05, 3.63) is 41.7 Å². The number of hydrogen-bond donors (Lipinski definition) is 1. The zero-order chi connectivity index (χ0) is 16.4. The van der Waals surface area contributed by atoms with E-state index in [-0.39, 0.29) is 17.7 Å². The first-order valence-corrected chi connectivity index (χ1v) is 7.41. The van der Waals surface area contributed by atoms with Crippen molar-refractivity contribution in [3.8, 4) is 0 Å². The summed E-state index contributed by atoms with van der Waals surface area (Å²) < 4.78 is 7.04. The van der Waals surface area contributed by atoms with Gasteiger partial charge in [0.05, 0.1) is 18.2 Å². The van der Waals surface area contributed by atoms with Crippen LogP contribution >= 0.6 is 11.6 Å². The Morgan fingerprint density at radius 2 is 2.22 bits per heavy atom. The highest BCUT2D eigenvalue weighted by molar-refractivity contribution is 6.28.